The Morgan fingerprint density at radius 2 is 1.88 bits per heavy atom. The summed E-state index contributed by atoms with van der Waals surface area (Å²) >= 11 is 0. The minimum atomic E-state index is -0.906. The van der Waals surface area contributed by atoms with Gasteiger partial charge in [-0.15, -0.1) is 0 Å². The van der Waals surface area contributed by atoms with E-state index >= 15 is 13.2 Å². The van der Waals surface area contributed by atoms with Crippen LogP contribution in [0, 0.1) is 28.8 Å². The van der Waals surface area contributed by atoms with Crippen LogP contribution >= 0.6 is 0 Å². The number of methoxy groups -OCH3 is 1. The van der Waals surface area contributed by atoms with Crippen molar-refractivity contribution in [3.05, 3.63) is 76.2 Å². The maximum atomic E-state index is 15.9. The van der Waals surface area contributed by atoms with Gasteiger partial charge in [-0.05, 0) is 84.7 Å². The van der Waals surface area contributed by atoms with Crippen LogP contribution < -0.4 is 9.47 Å². The molecule has 3 aliphatic carbocycles. The number of benzene rings is 2. The van der Waals surface area contributed by atoms with E-state index < -0.39 is 34.8 Å². The van der Waals surface area contributed by atoms with Gasteiger partial charge in [-0.1, -0.05) is 26.3 Å². The number of carbonyl (C=O) groups is 1. The molecule has 0 amide bonds. The Morgan fingerprint density at radius 3 is 2.56 bits per heavy atom. The Kier molecular flexibility index (Phi) is 6.78. The van der Waals surface area contributed by atoms with Crippen LogP contribution in [0.4, 0.5) is 13.2 Å². The Labute approximate surface area is 237 Å². The summed E-state index contributed by atoms with van der Waals surface area (Å²) in [5, 5.41) is 9.61. The van der Waals surface area contributed by atoms with Gasteiger partial charge in [0.25, 0.3) is 0 Å². The lowest BCUT2D eigenvalue weighted by Gasteiger charge is -2.30. The molecular weight excluding hydrogens is 531 g/mol. The lowest BCUT2D eigenvalue weighted by atomic mass is 9.75. The molecule has 0 unspecified atom stereocenters. The Hall–Kier alpha value is -3.55. The van der Waals surface area contributed by atoms with Gasteiger partial charge in [0.05, 0.1) is 19.2 Å². The number of carboxylic acid groups (broad SMARTS) is 1. The van der Waals surface area contributed by atoms with Gasteiger partial charge < -0.3 is 14.6 Å². The molecule has 2 saturated carbocycles. The number of fused-ring (bicyclic) bond motifs is 2. The number of carboxylic acids is 1. The van der Waals surface area contributed by atoms with Crippen LogP contribution in [-0.2, 0) is 23.2 Å². The molecule has 216 valence electrons. The molecule has 1 N–H and O–H groups in total. The monoisotopic (exact) mass is 565 g/mol. The first-order chi connectivity index (χ1) is 19.6. The van der Waals surface area contributed by atoms with Crippen LogP contribution in [0.2, 0.25) is 0 Å². The molecule has 0 bridgehead atoms. The molecule has 3 aliphatic rings. The summed E-state index contributed by atoms with van der Waals surface area (Å²) in [5.41, 5.74) is 2.21. The summed E-state index contributed by atoms with van der Waals surface area (Å²) in [6.07, 6.45) is 6.50. The van der Waals surface area contributed by atoms with Gasteiger partial charge in [0, 0.05) is 28.2 Å². The van der Waals surface area contributed by atoms with Crippen molar-refractivity contribution in [3.63, 3.8) is 0 Å². The summed E-state index contributed by atoms with van der Waals surface area (Å²) in [7, 11) is 1.44. The Balaban J connectivity index is 1.37. The number of hydrogen-bond donors (Lipinski definition) is 1. The van der Waals surface area contributed by atoms with Crippen LogP contribution in [0.1, 0.15) is 80.5 Å². The molecule has 3 aromatic rings. The number of aromatic nitrogens is 1. The van der Waals surface area contributed by atoms with E-state index in [1.165, 1.54) is 19.2 Å². The first kappa shape index (κ1) is 27.6. The molecule has 1 spiro atoms. The molecule has 2 aromatic carbocycles. The zero-order valence-corrected chi connectivity index (χ0v) is 23.5. The van der Waals surface area contributed by atoms with Gasteiger partial charge >= 0.3 is 5.97 Å². The summed E-state index contributed by atoms with van der Waals surface area (Å²) < 4.78 is 57.7. The summed E-state index contributed by atoms with van der Waals surface area (Å²) in [6.45, 7) is 4.11. The predicted molar refractivity (Wildman–Crippen MR) is 148 cm³/mol. The van der Waals surface area contributed by atoms with Gasteiger partial charge in [0.2, 0.25) is 5.88 Å². The normalized spacial score (nSPS) is 24.2. The molecule has 6 rings (SSSR count). The molecule has 8 heteroatoms. The van der Waals surface area contributed by atoms with Gasteiger partial charge in [-0.25, -0.2) is 18.2 Å². The second-order valence-electron chi connectivity index (χ2n) is 12.5. The minimum Gasteiger partial charge on any atom is -0.486 e. The highest BCUT2D eigenvalue weighted by molar-refractivity contribution is 5.78. The highest BCUT2D eigenvalue weighted by atomic mass is 19.1. The molecular formula is C33H34F3NO4. The van der Waals surface area contributed by atoms with Crippen molar-refractivity contribution >= 4 is 5.97 Å². The van der Waals surface area contributed by atoms with Crippen molar-refractivity contribution < 1.29 is 32.5 Å². The van der Waals surface area contributed by atoms with Gasteiger partial charge in [-0.3, -0.25) is 4.79 Å². The lowest BCUT2D eigenvalue weighted by Crippen LogP contribution is -2.23. The fourth-order valence-corrected chi connectivity index (χ4v) is 7.42. The second kappa shape index (κ2) is 10.1. The van der Waals surface area contributed by atoms with E-state index in [2.05, 4.69) is 18.8 Å². The third-order valence-corrected chi connectivity index (χ3v) is 9.70. The number of pyridine rings is 1. The molecule has 2 fully saturated rings. The standard InChI is InChI=1S/C33H34F3NO4/c1-32(2)10-5-7-23(32)21-12-19(25(34)13-20(21)22-14-28(40-3)37-16-26(22)35)17-41-27-9-8-18-6-4-11-33(29(18)30(27)36)15-24(33)31(38)39/h8-9,12-14,16,23-24H,4-7,10-11,15,17H2,1-3H3,(H,38,39)/t23-,24+,33-/m1/s1. The third kappa shape index (κ3) is 4.65. The van der Waals surface area contributed by atoms with Crippen LogP contribution in [-0.4, -0.2) is 23.2 Å². The average molecular weight is 566 g/mol. The van der Waals surface area contributed by atoms with E-state index in [0.29, 0.717) is 30.4 Å². The van der Waals surface area contributed by atoms with E-state index in [4.69, 9.17) is 9.47 Å². The fraction of sp³-hybridized carbons (Fsp3) is 0.455. The molecule has 1 aromatic heterocycles. The first-order valence-electron chi connectivity index (χ1n) is 14.3. The zero-order chi connectivity index (χ0) is 29.1. The first-order valence-corrected chi connectivity index (χ1v) is 14.3. The van der Waals surface area contributed by atoms with Crippen molar-refractivity contribution in [3.8, 4) is 22.8 Å². The van der Waals surface area contributed by atoms with Crippen LogP contribution in [0.3, 0.4) is 0 Å². The highest BCUT2D eigenvalue weighted by Crippen LogP contribution is 2.61. The van der Waals surface area contributed by atoms with E-state index in [1.54, 1.807) is 18.2 Å². The van der Waals surface area contributed by atoms with E-state index in [1.807, 2.05) is 0 Å². The van der Waals surface area contributed by atoms with Crippen molar-refractivity contribution in [2.45, 2.75) is 76.7 Å². The second-order valence-corrected chi connectivity index (χ2v) is 12.5. The van der Waals surface area contributed by atoms with Gasteiger partial charge in [-0.2, -0.15) is 0 Å². The zero-order valence-electron chi connectivity index (χ0n) is 23.5. The van der Waals surface area contributed by atoms with Crippen LogP contribution in [0.25, 0.3) is 11.1 Å². The van der Waals surface area contributed by atoms with E-state index in [0.717, 1.165) is 43.0 Å². The number of rotatable bonds is 7. The smallest absolute Gasteiger partial charge is 0.307 e. The van der Waals surface area contributed by atoms with E-state index in [9.17, 15) is 9.90 Å². The lowest BCUT2D eigenvalue weighted by molar-refractivity contribution is -0.139. The summed E-state index contributed by atoms with van der Waals surface area (Å²) in [6, 6.07) is 7.90. The van der Waals surface area contributed by atoms with Crippen LogP contribution in [0.15, 0.2) is 36.5 Å². The predicted octanol–water partition coefficient (Wildman–Crippen LogP) is 7.73. The fourth-order valence-electron chi connectivity index (χ4n) is 7.42. The number of aryl methyl sites for hydroxylation is 1. The third-order valence-electron chi connectivity index (χ3n) is 9.70. The Bertz CT molecular complexity index is 1540. The molecule has 0 saturated heterocycles. The van der Waals surface area contributed by atoms with Crippen LogP contribution in [0.5, 0.6) is 11.6 Å². The highest BCUT2D eigenvalue weighted by Gasteiger charge is 2.62. The maximum absolute atomic E-state index is 15.9. The number of nitrogens with zero attached hydrogens (tertiary/aromatic N) is 1. The number of aliphatic carboxylic acids is 1. The number of ether oxygens (including phenoxy) is 2. The van der Waals surface area contributed by atoms with Crippen molar-refractivity contribution in [2.24, 2.45) is 11.3 Å². The summed E-state index contributed by atoms with van der Waals surface area (Å²) in [4.78, 5) is 15.7. The van der Waals surface area contributed by atoms with E-state index in [-0.39, 0.29) is 40.7 Å². The summed E-state index contributed by atoms with van der Waals surface area (Å²) in [5.74, 6) is -2.94. The number of halogens is 3. The molecule has 0 radical (unpaired) electrons. The molecule has 0 aliphatic heterocycles. The van der Waals surface area contributed by atoms with Crippen molar-refractivity contribution in [1.82, 2.24) is 4.98 Å². The largest absolute Gasteiger partial charge is 0.486 e. The SMILES string of the molecule is COc1cc(-c2cc(F)c(COc3ccc4c(c3F)[C@]3(CCC4)C[C@H]3C(=O)O)cc2[C@H]2CCCC2(C)C)c(F)cn1. The van der Waals surface area contributed by atoms with Gasteiger partial charge in [0.15, 0.2) is 11.6 Å². The number of hydrogen-bond acceptors (Lipinski definition) is 4. The maximum Gasteiger partial charge on any atom is 0.307 e. The quantitative estimate of drug-likeness (QED) is 0.318. The van der Waals surface area contributed by atoms with Crippen molar-refractivity contribution in [2.75, 3.05) is 7.11 Å². The topological polar surface area (TPSA) is 68.7 Å². The molecule has 41 heavy (non-hydrogen) atoms. The minimum absolute atomic E-state index is 0.0165. The molecule has 5 nitrogen and oxygen atoms in total. The van der Waals surface area contributed by atoms with Crippen molar-refractivity contribution in [1.29, 1.82) is 0 Å². The average Bonchev–Trinajstić information content (AvgIpc) is 3.54. The Morgan fingerprint density at radius 1 is 1.07 bits per heavy atom. The van der Waals surface area contributed by atoms with Gasteiger partial charge in [0.1, 0.15) is 18.2 Å². The molecule has 1 heterocycles. The molecule has 3 atom stereocenters.